The summed E-state index contributed by atoms with van der Waals surface area (Å²) in [5.74, 6) is 0.526. The molecule has 1 N–H and O–H groups in total. The van der Waals surface area contributed by atoms with Crippen LogP contribution in [-0.4, -0.2) is 37.6 Å². The molecule has 2 heterocycles. The second-order valence-electron chi connectivity index (χ2n) is 5.71. The second kappa shape index (κ2) is 6.65. The van der Waals surface area contributed by atoms with Crippen molar-refractivity contribution in [2.24, 2.45) is 5.92 Å². The van der Waals surface area contributed by atoms with Crippen molar-refractivity contribution in [2.75, 3.05) is 13.1 Å². The zero-order valence-corrected chi connectivity index (χ0v) is 12.9. The number of hydrogen-bond donors (Lipinski definition) is 1. The van der Waals surface area contributed by atoms with Gasteiger partial charge in [0.2, 0.25) is 10.0 Å². The fourth-order valence-corrected chi connectivity index (χ4v) is 3.78. The van der Waals surface area contributed by atoms with Crippen LogP contribution in [0.4, 0.5) is 0 Å². The molecule has 1 aliphatic heterocycles. The zero-order chi connectivity index (χ0) is 14.6. The molecule has 2 rings (SSSR count). The summed E-state index contributed by atoms with van der Waals surface area (Å²) in [7, 11) is -3.48. The van der Waals surface area contributed by atoms with Crippen LogP contribution in [0.5, 0.6) is 0 Å². The number of sulfonamides is 1. The fourth-order valence-electron chi connectivity index (χ4n) is 2.57. The molecule has 1 aliphatic rings. The number of hydrogen-bond acceptors (Lipinski definition) is 4. The lowest BCUT2D eigenvalue weighted by atomic mass is 10.1. The van der Waals surface area contributed by atoms with Gasteiger partial charge >= 0.3 is 0 Å². The van der Waals surface area contributed by atoms with Crippen molar-refractivity contribution in [1.29, 1.82) is 0 Å². The largest absolute Gasteiger partial charge is 0.287 e. The number of likely N-dealkylation sites (tertiary alicyclic amines) is 1. The molecule has 0 aromatic carbocycles. The highest BCUT2D eigenvalue weighted by atomic mass is 32.2. The Morgan fingerprint density at radius 3 is 2.90 bits per heavy atom. The Labute approximate surface area is 121 Å². The molecule has 0 radical (unpaired) electrons. The lowest BCUT2D eigenvalue weighted by Crippen LogP contribution is -2.51. The molecule has 1 saturated heterocycles. The molecular weight excluding hydrogens is 274 g/mol. The number of aromatic nitrogens is 1. The van der Waals surface area contributed by atoms with Crippen LogP contribution in [0.2, 0.25) is 0 Å². The summed E-state index contributed by atoms with van der Waals surface area (Å²) in [4.78, 5) is 6.35. The molecule has 1 atom stereocenters. The van der Waals surface area contributed by atoms with E-state index in [2.05, 4.69) is 28.5 Å². The van der Waals surface area contributed by atoms with Crippen molar-refractivity contribution < 1.29 is 8.42 Å². The van der Waals surface area contributed by atoms with Gasteiger partial charge in [-0.05, 0) is 43.9 Å². The molecular formula is C14H23N3O2S. The lowest BCUT2D eigenvalue weighted by molar-refractivity contribution is 0.124. The Kier molecular flexibility index (Phi) is 5.12. The Bertz CT molecular complexity index is 516. The standard InChI is InChI=1S/C14H23N3O2S/c1-12(2)11-17-9-4-3-7-14(17)16-20(18,19)13-6-5-8-15-10-13/h5-6,8,10,12,14,16H,3-4,7,9,11H2,1-2H3. The van der Waals surface area contributed by atoms with E-state index < -0.39 is 10.0 Å². The van der Waals surface area contributed by atoms with Crippen molar-refractivity contribution in [3.05, 3.63) is 24.5 Å². The minimum Gasteiger partial charge on any atom is -0.287 e. The Morgan fingerprint density at radius 1 is 1.45 bits per heavy atom. The average Bonchev–Trinajstić information content (AvgIpc) is 2.41. The molecule has 5 nitrogen and oxygen atoms in total. The first-order chi connectivity index (χ1) is 9.49. The number of nitrogens with one attached hydrogen (secondary N) is 1. The van der Waals surface area contributed by atoms with Crippen LogP contribution in [0.25, 0.3) is 0 Å². The van der Waals surface area contributed by atoms with Gasteiger partial charge in [-0.2, -0.15) is 4.72 Å². The summed E-state index contributed by atoms with van der Waals surface area (Å²) in [6, 6.07) is 3.21. The summed E-state index contributed by atoms with van der Waals surface area (Å²) < 4.78 is 27.5. The first-order valence-corrected chi connectivity index (χ1v) is 8.64. The SMILES string of the molecule is CC(C)CN1CCCCC1NS(=O)(=O)c1cccnc1. The van der Waals surface area contributed by atoms with Gasteiger partial charge in [0.05, 0.1) is 6.17 Å². The van der Waals surface area contributed by atoms with Gasteiger partial charge in [-0.3, -0.25) is 9.88 Å². The van der Waals surface area contributed by atoms with Crippen molar-refractivity contribution in [2.45, 2.75) is 44.2 Å². The molecule has 0 spiro atoms. The van der Waals surface area contributed by atoms with Crippen molar-refractivity contribution in [3.63, 3.8) is 0 Å². The van der Waals surface area contributed by atoms with Crippen molar-refractivity contribution in [3.8, 4) is 0 Å². The Balaban J connectivity index is 2.10. The van der Waals surface area contributed by atoms with Crippen LogP contribution < -0.4 is 4.72 Å². The highest BCUT2D eigenvalue weighted by molar-refractivity contribution is 7.89. The molecule has 0 saturated carbocycles. The van der Waals surface area contributed by atoms with E-state index in [0.29, 0.717) is 5.92 Å². The summed E-state index contributed by atoms with van der Waals surface area (Å²) in [5.41, 5.74) is 0. The molecule has 0 aliphatic carbocycles. The maximum atomic E-state index is 12.4. The normalized spacial score (nSPS) is 21.2. The van der Waals surface area contributed by atoms with Crippen LogP contribution in [0.3, 0.4) is 0 Å². The zero-order valence-electron chi connectivity index (χ0n) is 12.1. The van der Waals surface area contributed by atoms with E-state index in [-0.39, 0.29) is 11.1 Å². The minimum absolute atomic E-state index is 0.101. The fraction of sp³-hybridized carbons (Fsp3) is 0.643. The van der Waals surface area contributed by atoms with E-state index in [9.17, 15) is 8.42 Å². The van der Waals surface area contributed by atoms with E-state index in [0.717, 1.165) is 32.4 Å². The molecule has 20 heavy (non-hydrogen) atoms. The van der Waals surface area contributed by atoms with Crippen LogP contribution in [0.15, 0.2) is 29.4 Å². The molecule has 112 valence electrons. The van der Waals surface area contributed by atoms with Gasteiger partial charge in [0, 0.05) is 18.9 Å². The smallest absolute Gasteiger partial charge is 0.243 e. The van der Waals surface area contributed by atoms with Gasteiger partial charge in [-0.1, -0.05) is 13.8 Å². The van der Waals surface area contributed by atoms with Gasteiger partial charge < -0.3 is 0 Å². The highest BCUT2D eigenvalue weighted by Crippen LogP contribution is 2.18. The average molecular weight is 297 g/mol. The lowest BCUT2D eigenvalue weighted by Gasteiger charge is -2.36. The number of pyridine rings is 1. The summed E-state index contributed by atoms with van der Waals surface area (Å²) in [5, 5.41) is 0. The molecule has 6 heteroatoms. The maximum absolute atomic E-state index is 12.4. The molecule has 0 bridgehead atoms. The number of piperidine rings is 1. The van der Waals surface area contributed by atoms with Gasteiger partial charge in [0.1, 0.15) is 4.90 Å². The van der Waals surface area contributed by atoms with Crippen LogP contribution in [-0.2, 0) is 10.0 Å². The molecule has 1 unspecified atom stereocenters. The quantitative estimate of drug-likeness (QED) is 0.900. The summed E-state index contributed by atoms with van der Waals surface area (Å²) in [6.45, 7) is 6.18. The predicted molar refractivity (Wildman–Crippen MR) is 78.6 cm³/mol. The van der Waals surface area contributed by atoms with Crippen molar-refractivity contribution in [1.82, 2.24) is 14.6 Å². The molecule has 1 fully saturated rings. The minimum atomic E-state index is -3.48. The van der Waals surface area contributed by atoms with Crippen LogP contribution >= 0.6 is 0 Å². The topological polar surface area (TPSA) is 62.3 Å². The number of nitrogens with zero attached hydrogens (tertiary/aromatic N) is 2. The van der Waals surface area contributed by atoms with E-state index in [1.807, 2.05) is 0 Å². The van der Waals surface area contributed by atoms with Gasteiger partial charge in [0.25, 0.3) is 0 Å². The second-order valence-corrected chi connectivity index (χ2v) is 7.42. The number of rotatable bonds is 5. The Morgan fingerprint density at radius 2 is 2.25 bits per heavy atom. The van der Waals surface area contributed by atoms with E-state index in [4.69, 9.17) is 0 Å². The van der Waals surface area contributed by atoms with Crippen LogP contribution in [0.1, 0.15) is 33.1 Å². The van der Waals surface area contributed by atoms with Gasteiger partial charge in [-0.25, -0.2) is 8.42 Å². The summed E-state index contributed by atoms with van der Waals surface area (Å²) in [6.07, 6.45) is 5.93. The van der Waals surface area contributed by atoms with Crippen molar-refractivity contribution >= 4 is 10.0 Å². The first kappa shape index (κ1) is 15.4. The molecule has 0 amide bonds. The molecule has 1 aromatic rings. The van der Waals surface area contributed by atoms with E-state index in [1.54, 1.807) is 18.3 Å². The first-order valence-electron chi connectivity index (χ1n) is 7.15. The van der Waals surface area contributed by atoms with Gasteiger partial charge in [0.15, 0.2) is 0 Å². The summed E-state index contributed by atoms with van der Waals surface area (Å²) >= 11 is 0. The predicted octanol–water partition coefficient (Wildman–Crippen LogP) is 1.83. The third-order valence-corrected chi connectivity index (χ3v) is 4.89. The third kappa shape index (κ3) is 4.01. The van der Waals surface area contributed by atoms with Gasteiger partial charge in [-0.15, -0.1) is 0 Å². The van der Waals surface area contributed by atoms with E-state index in [1.165, 1.54) is 6.20 Å². The maximum Gasteiger partial charge on any atom is 0.243 e. The Hall–Kier alpha value is -0.980. The monoisotopic (exact) mass is 297 g/mol. The van der Waals surface area contributed by atoms with E-state index >= 15 is 0 Å². The highest BCUT2D eigenvalue weighted by Gasteiger charge is 2.27. The molecule has 1 aromatic heterocycles. The third-order valence-electron chi connectivity index (χ3n) is 3.45. The van der Waals surface area contributed by atoms with Crippen LogP contribution in [0, 0.1) is 5.92 Å².